The highest BCUT2D eigenvalue weighted by atomic mass is 15.3. The molecule has 1 aromatic heterocycles. The summed E-state index contributed by atoms with van der Waals surface area (Å²) in [6.45, 7) is 21.2. The summed E-state index contributed by atoms with van der Waals surface area (Å²) in [6.07, 6.45) is 4.94. The van der Waals surface area contributed by atoms with Gasteiger partial charge >= 0.3 is 0 Å². The van der Waals surface area contributed by atoms with Crippen molar-refractivity contribution in [1.29, 1.82) is 0 Å². The molecule has 6 heteroatoms. The molecule has 2 saturated heterocycles. The molecule has 32 heavy (non-hydrogen) atoms. The monoisotopic (exact) mass is 438 g/mol. The van der Waals surface area contributed by atoms with Gasteiger partial charge in [0.1, 0.15) is 5.82 Å². The number of anilines is 2. The Morgan fingerprint density at radius 2 is 1.47 bits per heavy atom. The van der Waals surface area contributed by atoms with Crippen LogP contribution in [0.25, 0.3) is 0 Å². The van der Waals surface area contributed by atoms with Crippen LogP contribution < -0.4 is 9.80 Å². The van der Waals surface area contributed by atoms with Crippen LogP contribution in [-0.4, -0.2) is 84.7 Å². The lowest BCUT2D eigenvalue weighted by Crippen LogP contribution is -2.46. The van der Waals surface area contributed by atoms with Gasteiger partial charge in [-0.05, 0) is 52.8 Å². The van der Waals surface area contributed by atoms with Crippen LogP contribution in [0.5, 0.6) is 0 Å². The second-order valence-corrected chi connectivity index (χ2v) is 9.24. The van der Waals surface area contributed by atoms with Gasteiger partial charge in [0.25, 0.3) is 0 Å². The van der Waals surface area contributed by atoms with E-state index >= 15 is 0 Å². The third kappa shape index (κ3) is 7.17. The molecule has 176 valence electrons. The van der Waals surface area contributed by atoms with Gasteiger partial charge in [0.15, 0.2) is 0 Å². The lowest BCUT2D eigenvalue weighted by Gasteiger charge is -2.35. The third-order valence-corrected chi connectivity index (χ3v) is 6.57. The fourth-order valence-electron chi connectivity index (χ4n) is 4.31. The first-order chi connectivity index (χ1) is 15.5. The molecule has 0 N–H and O–H groups in total. The molecule has 6 nitrogen and oxygen atoms in total. The predicted octanol–water partition coefficient (Wildman–Crippen LogP) is 3.84. The van der Waals surface area contributed by atoms with E-state index in [0.29, 0.717) is 6.04 Å². The molecule has 2 fully saturated rings. The van der Waals surface area contributed by atoms with Crippen LogP contribution in [0.2, 0.25) is 0 Å². The molecule has 0 atom stereocenters. The number of likely N-dealkylation sites (N-methyl/N-ethyl adjacent to an activating group) is 1. The molecular weight excluding hydrogens is 396 g/mol. The van der Waals surface area contributed by atoms with Crippen molar-refractivity contribution < 1.29 is 0 Å². The quantitative estimate of drug-likeness (QED) is 0.722. The second kappa shape index (κ2) is 12.2. The maximum absolute atomic E-state index is 4.46. The minimum absolute atomic E-state index is 0.638. The molecule has 2 aliphatic rings. The molecule has 0 radical (unpaired) electrons. The maximum atomic E-state index is 4.46. The third-order valence-electron chi connectivity index (χ3n) is 6.57. The van der Waals surface area contributed by atoms with Gasteiger partial charge in [-0.3, -0.25) is 9.88 Å². The number of rotatable bonds is 4. The fourth-order valence-corrected chi connectivity index (χ4v) is 4.31. The van der Waals surface area contributed by atoms with E-state index in [2.05, 4.69) is 81.5 Å². The van der Waals surface area contributed by atoms with E-state index in [-0.39, 0.29) is 0 Å². The minimum Gasteiger partial charge on any atom is -0.369 e. The van der Waals surface area contributed by atoms with E-state index in [9.17, 15) is 0 Å². The van der Waals surface area contributed by atoms with Gasteiger partial charge in [-0.25, -0.2) is 4.98 Å². The molecule has 1 aromatic carbocycles. The molecular formula is C26H42N6. The molecule has 0 saturated carbocycles. The van der Waals surface area contributed by atoms with Gasteiger partial charge in [-0.1, -0.05) is 24.6 Å². The summed E-state index contributed by atoms with van der Waals surface area (Å²) in [6, 6.07) is 9.50. The zero-order chi connectivity index (χ0) is 22.9. The number of nitrogens with zero attached hydrogens (tertiary/aromatic N) is 6. The highest BCUT2D eigenvalue weighted by molar-refractivity contribution is 5.47. The SMILES string of the molecule is CCN1CCN(c2ccc(C)cc2)CC1.Cc1cnc(N2CCCN(C(C)C)CC2)cn1. The van der Waals surface area contributed by atoms with Gasteiger partial charge in [-0.15, -0.1) is 0 Å². The molecule has 3 heterocycles. The first-order valence-corrected chi connectivity index (χ1v) is 12.3. The second-order valence-electron chi connectivity index (χ2n) is 9.24. The smallest absolute Gasteiger partial charge is 0.147 e. The summed E-state index contributed by atoms with van der Waals surface area (Å²) in [5.74, 6) is 1.02. The van der Waals surface area contributed by atoms with Gasteiger partial charge in [0.05, 0.1) is 18.1 Å². The van der Waals surface area contributed by atoms with Crippen molar-refractivity contribution in [3.8, 4) is 0 Å². The molecule has 4 rings (SSSR count). The Hall–Kier alpha value is -2.18. The largest absolute Gasteiger partial charge is 0.369 e. The predicted molar refractivity (Wildman–Crippen MR) is 136 cm³/mol. The molecule has 0 aliphatic carbocycles. The van der Waals surface area contributed by atoms with E-state index < -0.39 is 0 Å². The van der Waals surface area contributed by atoms with E-state index in [1.54, 1.807) is 0 Å². The Labute approximate surface area is 195 Å². The van der Waals surface area contributed by atoms with Crippen LogP contribution >= 0.6 is 0 Å². The molecule has 0 spiro atoms. The summed E-state index contributed by atoms with van der Waals surface area (Å²) >= 11 is 0. The van der Waals surface area contributed by atoms with Crippen molar-refractivity contribution in [1.82, 2.24) is 19.8 Å². The van der Waals surface area contributed by atoms with Crippen molar-refractivity contribution in [3.05, 3.63) is 47.9 Å². The standard InChI is InChI=1S/C13H22N4.C13H20N2/c1-11(2)16-5-4-6-17(8-7-16)13-10-14-12(3)9-15-13;1-3-14-8-10-15(11-9-14)13-6-4-12(2)5-7-13/h9-11H,4-8H2,1-3H3;4-7H,3,8-11H2,1-2H3. The van der Waals surface area contributed by atoms with Crippen molar-refractivity contribution in [2.24, 2.45) is 0 Å². The highest BCUT2D eigenvalue weighted by Gasteiger charge is 2.18. The molecule has 2 aromatic rings. The van der Waals surface area contributed by atoms with Crippen LogP contribution in [0.15, 0.2) is 36.7 Å². The summed E-state index contributed by atoms with van der Waals surface area (Å²) in [7, 11) is 0. The van der Waals surface area contributed by atoms with E-state index in [1.807, 2.05) is 19.3 Å². The Morgan fingerprint density at radius 1 is 0.781 bits per heavy atom. The Balaban J connectivity index is 0.000000182. The Morgan fingerprint density at radius 3 is 2.06 bits per heavy atom. The van der Waals surface area contributed by atoms with Crippen molar-refractivity contribution in [3.63, 3.8) is 0 Å². The Kier molecular flexibility index (Phi) is 9.30. The first kappa shape index (κ1) is 24.5. The normalized spacial score (nSPS) is 18.3. The topological polar surface area (TPSA) is 38.7 Å². The van der Waals surface area contributed by atoms with Crippen LogP contribution in [0.1, 0.15) is 38.4 Å². The number of benzene rings is 1. The summed E-state index contributed by atoms with van der Waals surface area (Å²) < 4.78 is 0. The first-order valence-electron chi connectivity index (χ1n) is 12.3. The minimum atomic E-state index is 0.638. The Bertz CT molecular complexity index is 781. The summed E-state index contributed by atoms with van der Waals surface area (Å²) in [5.41, 5.74) is 3.69. The highest BCUT2D eigenvalue weighted by Crippen LogP contribution is 2.17. The van der Waals surface area contributed by atoms with Crippen molar-refractivity contribution in [2.45, 2.75) is 47.1 Å². The van der Waals surface area contributed by atoms with Crippen LogP contribution in [-0.2, 0) is 0 Å². The van der Waals surface area contributed by atoms with Crippen LogP contribution in [0.4, 0.5) is 11.5 Å². The number of aryl methyl sites for hydroxylation is 2. The van der Waals surface area contributed by atoms with E-state index in [0.717, 1.165) is 44.2 Å². The maximum Gasteiger partial charge on any atom is 0.147 e. The van der Waals surface area contributed by atoms with Crippen molar-refractivity contribution >= 4 is 11.5 Å². The van der Waals surface area contributed by atoms with E-state index in [4.69, 9.17) is 0 Å². The van der Waals surface area contributed by atoms with Gasteiger partial charge < -0.3 is 14.7 Å². The molecule has 2 aliphatic heterocycles. The lowest BCUT2D eigenvalue weighted by atomic mass is 10.2. The number of piperazine rings is 1. The average Bonchev–Trinajstić information content (AvgIpc) is 3.07. The van der Waals surface area contributed by atoms with Gasteiger partial charge in [-0.2, -0.15) is 0 Å². The zero-order valence-corrected chi connectivity index (χ0v) is 20.8. The zero-order valence-electron chi connectivity index (χ0n) is 20.8. The molecule has 0 bridgehead atoms. The number of aromatic nitrogens is 2. The van der Waals surface area contributed by atoms with Gasteiger partial charge in [0.2, 0.25) is 0 Å². The summed E-state index contributed by atoms with van der Waals surface area (Å²) in [4.78, 5) is 18.6. The fraction of sp³-hybridized carbons (Fsp3) is 0.615. The number of hydrogen-bond donors (Lipinski definition) is 0. The average molecular weight is 439 g/mol. The van der Waals surface area contributed by atoms with Gasteiger partial charge in [0, 0.05) is 64.1 Å². The van der Waals surface area contributed by atoms with Crippen LogP contribution in [0.3, 0.4) is 0 Å². The summed E-state index contributed by atoms with van der Waals surface area (Å²) in [5, 5.41) is 0. The number of hydrogen-bond acceptors (Lipinski definition) is 6. The van der Waals surface area contributed by atoms with E-state index in [1.165, 1.54) is 43.9 Å². The molecule has 0 unspecified atom stereocenters. The lowest BCUT2D eigenvalue weighted by molar-refractivity contribution is 0.238. The van der Waals surface area contributed by atoms with Crippen molar-refractivity contribution in [2.75, 3.05) is 68.7 Å². The van der Waals surface area contributed by atoms with Crippen LogP contribution in [0, 0.1) is 13.8 Å². The molecule has 0 amide bonds.